The van der Waals surface area contributed by atoms with Gasteiger partial charge in [-0.2, -0.15) is 0 Å². The van der Waals surface area contributed by atoms with Crippen molar-refractivity contribution in [2.45, 2.75) is 13.0 Å². The molecule has 0 saturated carbocycles. The monoisotopic (exact) mass is 344 g/mol. The normalized spacial score (nSPS) is 19.8. The Labute approximate surface area is 125 Å². The molecule has 2 rings (SSSR count). The number of benzene rings is 1. The Hall–Kier alpha value is -1.18. The number of nitro benzene ring substituents is 1. The molecule has 1 aromatic carbocycles. The molecule has 0 aliphatic carbocycles. The molecular weight excluding hydrogens is 328 g/mol. The quantitative estimate of drug-likeness (QED) is 0.606. The van der Waals surface area contributed by atoms with E-state index in [-0.39, 0.29) is 11.8 Å². The van der Waals surface area contributed by atoms with E-state index >= 15 is 0 Å². The van der Waals surface area contributed by atoms with Crippen molar-refractivity contribution >= 4 is 21.6 Å². The molecule has 1 heterocycles. The zero-order chi connectivity index (χ0) is 14.5. The first-order chi connectivity index (χ1) is 9.60. The minimum atomic E-state index is -0.435. The SMILES string of the molecule is CCN1CCOC(COc2cc([N+](=O)[O-])ccc2Br)C1. The number of rotatable bonds is 5. The van der Waals surface area contributed by atoms with Crippen LogP contribution in [0.4, 0.5) is 5.69 Å². The molecule has 0 spiro atoms. The standard InChI is InChI=1S/C13H17BrN2O4/c1-2-15-5-6-19-11(8-15)9-20-13-7-10(16(17)18)3-4-12(13)14/h3-4,7,11H,2,5-6,8-9H2,1H3. The molecule has 1 aliphatic heterocycles. The van der Waals surface area contributed by atoms with Crippen molar-refractivity contribution in [3.8, 4) is 5.75 Å². The summed E-state index contributed by atoms with van der Waals surface area (Å²) in [4.78, 5) is 12.6. The number of hydrogen-bond acceptors (Lipinski definition) is 5. The van der Waals surface area contributed by atoms with Gasteiger partial charge < -0.3 is 9.47 Å². The summed E-state index contributed by atoms with van der Waals surface area (Å²) in [5.74, 6) is 0.469. The highest BCUT2D eigenvalue weighted by Gasteiger charge is 2.20. The molecule has 0 aromatic heterocycles. The average molecular weight is 345 g/mol. The number of nitro groups is 1. The second-order valence-electron chi connectivity index (χ2n) is 4.57. The fourth-order valence-electron chi connectivity index (χ4n) is 2.07. The van der Waals surface area contributed by atoms with Gasteiger partial charge in [0, 0.05) is 19.2 Å². The van der Waals surface area contributed by atoms with Crippen LogP contribution in [0.15, 0.2) is 22.7 Å². The van der Waals surface area contributed by atoms with Crippen molar-refractivity contribution in [3.63, 3.8) is 0 Å². The van der Waals surface area contributed by atoms with Crippen LogP contribution in [0.5, 0.6) is 5.75 Å². The predicted octanol–water partition coefficient (Wildman–Crippen LogP) is 2.46. The lowest BCUT2D eigenvalue weighted by Gasteiger charge is -2.31. The van der Waals surface area contributed by atoms with Crippen molar-refractivity contribution in [2.75, 3.05) is 32.8 Å². The van der Waals surface area contributed by atoms with Crippen LogP contribution in [0.2, 0.25) is 0 Å². The fraction of sp³-hybridized carbons (Fsp3) is 0.538. The zero-order valence-corrected chi connectivity index (χ0v) is 12.8. The van der Waals surface area contributed by atoms with Crippen LogP contribution < -0.4 is 4.74 Å². The van der Waals surface area contributed by atoms with E-state index in [0.29, 0.717) is 23.4 Å². The highest BCUT2D eigenvalue weighted by atomic mass is 79.9. The van der Waals surface area contributed by atoms with Gasteiger partial charge in [-0.1, -0.05) is 6.92 Å². The third-order valence-corrected chi connectivity index (χ3v) is 3.88. The Morgan fingerprint density at radius 1 is 1.60 bits per heavy atom. The molecule has 6 nitrogen and oxygen atoms in total. The van der Waals surface area contributed by atoms with E-state index in [1.807, 2.05) is 0 Å². The van der Waals surface area contributed by atoms with Crippen LogP contribution in [-0.2, 0) is 4.74 Å². The second kappa shape index (κ2) is 7.01. The minimum Gasteiger partial charge on any atom is -0.489 e. The first kappa shape index (κ1) is 15.2. The summed E-state index contributed by atoms with van der Waals surface area (Å²) in [7, 11) is 0. The predicted molar refractivity (Wildman–Crippen MR) is 78.1 cm³/mol. The second-order valence-corrected chi connectivity index (χ2v) is 5.42. The van der Waals surface area contributed by atoms with Gasteiger partial charge in [0.05, 0.1) is 22.1 Å². The highest BCUT2D eigenvalue weighted by molar-refractivity contribution is 9.10. The minimum absolute atomic E-state index is 0.00476. The van der Waals surface area contributed by atoms with Crippen LogP contribution in [0.25, 0.3) is 0 Å². The molecule has 1 unspecified atom stereocenters. The molecule has 7 heteroatoms. The summed E-state index contributed by atoms with van der Waals surface area (Å²) in [6.45, 7) is 5.94. The van der Waals surface area contributed by atoms with Crippen LogP contribution in [-0.4, -0.2) is 48.8 Å². The van der Waals surface area contributed by atoms with E-state index in [4.69, 9.17) is 9.47 Å². The summed E-state index contributed by atoms with van der Waals surface area (Å²) >= 11 is 3.33. The maximum absolute atomic E-state index is 10.8. The van der Waals surface area contributed by atoms with Crippen LogP contribution in [0.3, 0.4) is 0 Å². The van der Waals surface area contributed by atoms with Gasteiger partial charge in [0.2, 0.25) is 0 Å². The van der Waals surface area contributed by atoms with Gasteiger partial charge in [-0.15, -0.1) is 0 Å². The molecule has 110 valence electrons. The number of morpholine rings is 1. The van der Waals surface area contributed by atoms with E-state index in [2.05, 4.69) is 27.8 Å². The molecule has 0 amide bonds. The first-order valence-electron chi connectivity index (χ1n) is 6.51. The van der Waals surface area contributed by atoms with Gasteiger partial charge in [-0.3, -0.25) is 15.0 Å². The summed E-state index contributed by atoms with van der Waals surface area (Å²) in [6, 6.07) is 4.48. The molecule has 1 atom stereocenters. The molecule has 20 heavy (non-hydrogen) atoms. The van der Waals surface area contributed by atoms with E-state index in [9.17, 15) is 10.1 Å². The smallest absolute Gasteiger partial charge is 0.273 e. The highest BCUT2D eigenvalue weighted by Crippen LogP contribution is 2.29. The van der Waals surface area contributed by atoms with Gasteiger partial charge in [0.25, 0.3) is 5.69 Å². The maximum Gasteiger partial charge on any atom is 0.273 e. The van der Waals surface area contributed by atoms with E-state index in [1.165, 1.54) is 12.1 Å². The van der Waals surface area contributed by atoms with Crippen molar-refractivity contribution in [1.82, 2.24) is 4.90 Å². The van der Waals surface area contributed by atoms with E-state index in [0.717, 1.165) is 19.6 Å². The fourth-order valence-corrected chi connectivity index (χ4v) is 2.43. The molecule has 1 aliphatic rings. The lowest BCUT2D eigenvalue weighted by Crippen LogP contribution is -2.44. The Morgan fingerprint density at radius 3 is 3.10 bits per heavy atom. The topological polar surface area (TPSA) is 64.8 Å². The number of nitrogens with zero attached hydrogens (tertiary/aromatic N) is 2. The molecule has 0 N–H and O–H groups in total. The van der Waals surface area contributed by atoms with Crippen LogP contribution in [0, 0.1) is 10.1 Å². The maximum atomic E-state index is 10.8. The van der Waals surface area contributed by atoms with Gasteiger partial charge in [-0.05, 0) is 28.5 Å². The summed E-state index contributed by atoms with van der Waals surface area (Å²) in [6.07, 6.45) is -0.00476. The number of non-ortho nitro benzene ring substituents is 1. The van der Waals surface area contributed by atoms with Gasteiger partial charge in [-0.25, -0.2) is 0 Å². The van der Waals surface area contributed by atoms with E-state index < -0.39 is 4.92 Å². The summed E-state index contributed by atoms with van der Waals surface area (Å²) < 4.78 is 12.0. The Balaban J connectivity index is 1.96. The van der Waals surface area contributed by atoms with Gasteiger partial charge >= 0.3 is 0 Å². The number of ether oxygens (including phenoxy) is 2. The molecule has 0 radical (unpaired) electrons. The number of hydrogen-bond donors (Lipinski definition) is 0. The van der Waals surface area contributed by atoms with E-state index in [1.54, 1.807) is 6.07 Å². The van der Waals surface area contributed by atoms with Gasteiger partial charge in [0.15, 0.2) is 0 Å². The number of halogens is 1. The van der Waals surface area contributed by atoms with Crippen molar-refractivity contribution < 1.29 is 14.4 Å². The van der Waals surface area contributed by atoms with Crippen molar-refractivity contribution in [3.05, 3.63) is 32.8 Å². The summed E-state index contributed by atoms with van der Waals surface area (Å²) in [5, 5.41) is 10.8. The summed E-state index contributed by atoms with van der Waals surface area (Å²) in [5.41, 5.74) is 0.0166. The largest absolute Gasteiger partial charge is 0.489 e. The first-order valence-corrected chi connectivity index (χ1v) is 7.30. The van der Waals surface area contributed by atoms with Crippen molar-refractivity contribution in [1.29, 1.82) is 0 Å². The molecule has 1 saturated heterocycles. The van der Waals surface area contributed by atoms with Crippen molar-refractivity contribution in [2.24, 2.45) is 0 Å². The Morgan fingerprint density at radius 2 is 2.40 bits per heavy atom. The third-order valence-electron chi connectivity index (χ3n) is 3.22. The average Bonchev–Trinajstić information content (AvgIpc) is 2.46. The Kier molecular flexibility index (Phi) is 5.33. The molecular formula is C13H17BrN2O4. The zero-order valence-electron chi connectivity index (χ0n) is 11.3. The van der Waals surface area contributed by atoms with Gasteiger partial charge in [0.1, 0.15) is 18.5 Å². The lowest BCUT2D eigenvalue weighted by molar-refractivity contribution is -0.385. The number of likely N-dealkylation sites (N-methyl/N-ethyl adjacent to an activating group) is 1. The molecule has 0 bridgehead atoms. The Bertz CT molecular complexity index is 483. The van der Waals surface area contributed by atoms with Crippen LogP contribution >= 0.6 is 15.9 Å². The third kappa shape index (κ3) is 3.91. The van der Waals surface area contributed by atoms with Crippen LogP contribution in [0.1, 0.15) is 6.92 Å². The lowest BCUT2D eigenvalue weighted by atomic mass is 10.2. The molecule has 1 fully saturated rings. The molecule has 1 aromatic rings.